The number of piperidine rings is 1. The topological polar surface area (TPSA) is 62.3 Å². The van der Waals surface area contributed by atoms with Crippen LogP contribution in [0.1, 0.15) is 39.2 Å². The molecule has 29 heavy (non-hydrogen) atoms. The van der Waals surface area contributed by atoms with Crippen LogP contribution in [-0.2, 0) is 16.1 Å². The molecule has 2 aliphatic heterocycles. The zero-order chi connectivity index (χ0) is 21.0. The smallest absolute Gasteiger partial charge is 0.410 e. The highest BCUT2D eigenvalue weighted by Gasteiger charge is 2.38. The third-order valence-electron chi connectivity index (χ3n) is 5.57. The number of amides is 2. The van der Waals surface area contributed by atoms with Crippen LogP contribution in [-0.4, -0.2) is 77.8 Å². The molecule has 0 aliphatic carbocycles. The van der Waals surface area contributed by atoms with Crippen molar-refractivity contribution in [3.05, 3.63) is 35.9 Å². The highest BCUT2D eigenvalue weighted by atomic mass is 16.6. The van der Waals surface area contributed by atoms with Crippen molar-refractivity contribution in [1.29, 1.82) is 0 Å². The Morgan fingerprint density at radius 3 is 2.31 bits per heavy atom. The molecule has 0 bridgehead atoms. The van der Waals surface area contributed by atoms with Crippen LogP contribution >= 0.6 is 0 Å². The zero-order valence-corrected chi connectivity index (χ0v) is 18.0. The number of rotatable bonds is 4. The lowest BCUT2D eigenvalue weighted by atomic mass is 9.99. The van der Waals surface area contributed by atoms with E-state index in [1.165, 1.54) is 0 Å². The van der Waals surface area contributed by atoms with Crippen LogP contribution in [0.5, 0.6) is 0 Å². The van der Waals surface area contributed by atoms with Gasteiger partial charge in [-0.2, -0.15) is 0 Å². The summed E-state index contributed by atoms with van der Waals surface area (Å²) in [6.07, 6.45) is 1.34. The largest absolute Gasteiger partial charge is 0.445 e. The summed E-state index contributed by atoms with van der Waals surface area (Å²) in [7, 11) is 1.82. The lowest BCUT2D eigenvalue weighted by Crippen LogP contribution is -2.63. The number of likely N-dealkylation sites (tertiary alicyclic amines) is 2. The molecule has 160 valence electrons. The van der Waals surface area contributed by atoms with E-state index in [9.17, 15) is 9.59 Å². The van der Waals surface area contributed by atoms with Gasteiger partial charge in [-0.15, -0.1) is 0 Å². The van der Waals surface area contributed by atoms with Crippen molar-refractivity contribution in [1.82, 2.24) is 14.7 Å². The molecule has 1 aromatic carbocycles. The highest BCUT2D eigenvalue weighted by Crippen LogP contribution is 2.24. The minimum atomic E-state index is -0.476. The van der Waals surface area contributed by atoms with Crippen LogP contribution < -0.4 is 0 Å². The van der Waals surface area contributed by atoms with Crippen molar-refractivity contribution < 1.29 is 19.1 Å². The second kappa shape index (κ2) is 9.03. The zero-order valence-electron chi connectivity index (χ0n) is 18.0. The Morgan fingerprint density at radius 1 is 1.10 bits per heavy atom. The molecule has 0 unspecified atom stereocenters. The second-order valence-corrected chi connectivity index (χ2v) is 8.96. The van der Waals surface area contributed by atoms with E-state index in [1.807, 2.05) is 58.2 Å². The highest BCUT2D eigenvalue weighted by molar-refractivity contribution is 5.69. The maximum Gasteiger partial charge on any atom is 0.410 e. The molecule has 2 amide bonds. The summed E-state index contributed by atoms with van der Waals surface area (Å²) in [6, 6.07) is 10.3. The van der Waals surface area contributed by atoms with Crippen LogP contribution in [0.4, 0.5) is 9.59 Å². The van der Waals surface area contributed by atoms with Crippen molar-refractivity contribution in [2.24, 2.45) is 0 Å². The molecular weight excluding hydrogens is 370 g/mol. The Bertz CT molecular complexity index is 690. The van der Waals surface area contributed by atoms with Gasteiger partial charge in [0.2, 0.25) is 0 Å². The lowest BCUT2D eigenvalue weighted by molar-refractivity contribution is -0.00786. The summed E-state index contributed by atoms with van der Waals surface area (Å²) >= 11 is 0. The minimum Gasteiger partial charge on any atom is -0.445 e. The molecule has 7 heteroatoms. The predicted molar refractivity (Wildman–Crippen MR) is 111 cm³/mol. The van der Waals surface area contributed by atoms with Gasteiger partial charge in [-0.1, -0.05) is 30.3 Å². The second-order valence-electron chi connectivity index (χ2n) is 8.96. The maximum atomic E-state index is 12.3. The molecule has 2 fully saturated rings. The number of hydrogen-bond acceptors (Lipinski definition) is 5. The fraction of sp³-hybridized carbons (Fsp3) is 0.636. The Labute approximate surface area is 173 Å². The van der Waals surface area contributed by atoms with Crippen molar-refractivity contribution >= 4 is 12.2 Å². The van der Waals surface area contributed by atoms with Crippen molar-refractivity contribution in [2.45, 2.75) is 57.9 Å². The van der Waals surface area contributed by atoms with Gasteiger partial charge >= 0.3 is 12.2 Å². The number of carbonyl (C=O) groups excluding carboxylic acids is 2. The summed E-state index contributed by atoms with van der Waals surface area (Å²) in [4.78, 5) is 30.3. The molecule has 0 aromatic heterocycles. The average molecular weight is 404 g/mol. The summed E-state index contributed by atoms with van der Waals surface area (Å²) < 4.78 is 10.9. The molecule has 2 aliphatic rings. The average Bonchev–Trinajstić information content (AvgIpc) is 2.64. The van der Waals surface area contributed by atoms with E-state index in [2.05, 4.69) is 4.90 Å². The van der Waals surface area contributed by atoms with Crippen molar-refractivity contribution in [2.75, 3.05) is 33.2 Å². The number of benzene rings is 1. The third kappa shape index (κ3) is 5.85. The number of carbonyl (C=O) groups is 2. The minimum absolute atomic E-state index is 0.202. The van der Waals surface area contributed by atoms with E-state index in [0.717, 1.165) is 31.5 Å². The lowest BCUT2D eigenvalue weighted by Gasteiger charge is -2.47. The molecule has 0 N–H and O–H groups in total. The summed E-state index contributed by atoms with van der Waals surface area (Å²) in [6.45, 7) is 9.23. The van der Waals surface area contributed by atoms with Crippen LogP contribution in [0.25, 0.3) is 0 Å². The first kappa shape index (κ1) is 21.4. The fourth-order valence-corrected chi connectivity index (χ4v) is 3.77. The Kier molecular flexibility index (Phi) is 6.67. The normalized spacial score (nSPS) is 18.8. The van der Waals surface area contributed by atoms with Gasteiger partial charge in [0.05, 0.1) is 0 Å². The predicted octanol–water partition coefficient (Wildman–Crippen LogP) is 3.34. The van der Waals surface area contributed by atoms with Gasteiger partial charge in [0.25, 0.3) is 0 Å². The molecular formula is C22H33N3O4. The van der Waals surface area contributed by atoms with Crippen LogP contribution in [0, 0.1) is 0 Å². The first-order chi connectivity index (χ1) is 13.7. The van der Waals surface area contributed by atoms with Gasteiger partial charge in [0.15, 0.2) is 0 Å². The molecule has 1 aromatic rings. The number of nitrogens with zero attached hydrogens (tertiary/aromatic N) is 3. The van der Waals surface area contributed by atoms with Gasteiger partial charge in [-0.25, -0.2) is 9.59 Å². The van der Waals surface area contributed by atoms with Crippen LogP contribution in [0.2, 0.25) is 0 Å². The Balaban J connectivity index is 1.36. The summed E-state index contributed by atoms with van der Waals surface area (Å²) in [5.41, 5.74) is 0.519. The first-order valence-corrected chi connectivity index (χ1v) is 10.4. The van der Waals surface area contributed by atoms with E-state index in [0.29, 0.717) is 25.7 Å². The van der Waals surface area contributed by atoms with Crippen molar-refractivity contribution in [3.63, 3.8) is 0 Å². The molecule has 0 spiro atoms. The Morgan fingerprint density at radius 2 is 1.72 bits per heavy atom. The number of hydrogen-bond donors (Lipinski definition) is 0. The number of ether oxygens (including phenoxy) is 2. The van der Waals surface area contributed by atoms with Gasteiger partial charge in [0.1, 0.15) is 12.2 Å². The molecule has 3 rings (SSSR count). The summed E-state index contributed by atoms with van der Waals surface area (Å²) in [5.74, 6) is 0. The molecule has 7 nitrogen and oxygen atoms in total. The van der Waals surface area contributed by atoms with Gasteiger partial charge in [-0.3, -0.25) is 4.90 Å². The summed E-state index contributed by atoms with van der Waals surface area (Å²) in [5, 5.41) is 0. The van der Waals surface area contributed by atoms with Gasteiger partial charge < -0.3 is 19.3 Å². The molecule has 2 heterocycles. The fourth-order valence-electron chi connectivity index (χ4n) is 3.77. The van der Waals surface area contributed by atoms with Crippen LogP contribution in [0.15, 0.2) is 30.3 Å². The van der Waals surface area contributed by atoms with Gasteiger partial charge in [-0.05, 0) is 39.2 Å². The molecule has 2 saturated heterocycles. The maximum absolute atomic E-state index is 12.3. The van der Waals surface area contributed by atoms with Crippen molar-refractivity contribution in [3.8, 4) is 0 Å². The monoisotopic (exact) mass is 403 g/mol. The van der Waals surface area contributed by atoms with E-state index in [-0.39, 0.29) is 18.2 Å². The van der Waals surface area contributed by atoms with E-state index in [1.54, 1.807) is 9.80 Å². The third-order valence-corrected chi connectivity index (χ3v) is 5.57. The van der Waals surface area contributed by atoms with E-state index >= 15 is 0 Å². The SMILES string of the molecule is CN(C(=O)OC(C)(C)C)C1CCN(C2CN(C(=O)OCc3ccccc3)C2)CC1. The van der Waals surface area contributed by atoms with E-state index < -0.39 is 5.60 Å². The Hall–Kier alpha value is -2.28. The van der Waals surface area contributed by atoms with Crippen LogP contribution in [0.3, 0.4) is 0 Å². The molecule has 0 saturated carbocycles. The van der Waals surface area contributed by atoms with E-state index in [4.69, 9.17) is 9.47 Å². The first-order valence-electron chi connectivity index (χ1n) is 10.4. The quantitative estimate of drug-likeness (QED) is 0.772. The standard InChI is InChI=1S/C22H33N3O4/c1-22(2,3)29-20(26)23(4)18-10-12-24(13-11-18)19-14-25(15-19)21(27)28-16-17-8-6-5-7-9-17/h5-9,18-19H,10-16H2,1-4H3. The molecule has 0 radical (unpaired) electrons. The van der Waals surface area contributed by atoms with Gasteiger partial charge in [0, 0.05) is 45.3 Å². The molecule has 0 atom stereocenters.